The van der Waals surface area contributed by atoms with Crippen LogP contribution in [0.5, 0.6) is 11.5 Å². The summed E-state index contributed by atoms with van der Waals surface area (Å²) < 4.78 is 30.4. The largest absolute Gasteiger partial charge is 0.497 e. The molecule has 0 aliphatic carbocycles. The molecule has 1 amide bonds. The zero-order chi connectivity index (χ0) is 27.4. The summed E-state index contributed by atoms with van der Waals surface area (Å²) in [4.78, 5) is 28.6. The molecule has 3 rings (SSSR count). The molecule has 0 unspecified atom stereocenters. The summed E-state index contributed by atoms with van der Waals surface area (Å²) >= 11 is 3.41. The van der Waals surface area contributed by atoms with E-state index >= 15 is 0 Å². The lowest BCUT2D eigenvalue weighted by atomic mass is 10.2. The molecule has 11 heteroatoms. The molecule has 0 saturated heterocycles. The number of methoxy groups -OCH3 is 2. The zero-order valence-corrected chi connectivity index (χ0v) is 24.7. The van der Waals surface area contributed by atoms with E-state index in [1.54, 1.807) is 45.4 Å². The quantitative estimate of drug-likeness (QED) is 0.147. The molecule has 0 spiro atoms. The van der Waals surface area contributed by atoms with Crippen molar-refractivity contribution < 1.29 is 28.4 Å². The smallest absolute Gasteiger partial charge is 0.325 e. The first-order valence-corrected chi connectivity index (χ1v) is 17.4. The van der Waals surface area contributed by atoms with E-state index in [4.69, 9.17) is 14.2 Å². The van der Waals surface area contributed by atoms with E-state index in [0.29, 0.717) is 17.3 Å². The van der Waals surface area contributed by atoms with Crippen LogP contribution in [0.4, 0.5) is 4.79 Å². The van der Waals surface area contributed by atoms with Crippen molar-refractivity contribution in [1.82, 2.24) is 4.90 Å². The highest BCUT2D eigenvalue weighted by Crippen LogP contribution is 2.73. The second-order valence-electron chi connectivity index (χ2n) is 7.84. The fourth-order valence-electron chi connectivity index (χ4n) is 3.27. The first kappa shape index (κ1) is 30.0. The molecular weight excluding hydrogens is 561 g/mol. The van der Waals surface area contributed by atoms with Crippen LogP contribution in [0.2, 0.25) is 0 Å². The van der Waals surface area contributed by atoms with Crippen LogP contribution in [0.1, 0.15) is 12.5 Å². The number of esters is 1. The van der Waals surface area contributed by atoms with Crippen LogP contribution < -0.4 is 9.47 Å². The summed E-state index contributed by atoms with van der Waals surface area (Å²) in [6.07, 6.45) is -0.143. The first-order chi connectivity index (χ1) is 18.3. The minimum Gasteiger partial charge on any atom is -0.497 e. The number of thioether (sulfide) groups is 1. The molecule has 0 aromatic heterocycles. The molecular formula is C27H30NO6PS3. The molecule has 7 nitrogen and oxygen atoms in total. The molecule has 0 heterocycles. The van der Waals surface area contributed by atoms with Crippen molar-refractivity contribution in [2.75, 3.05) is 33.7 Å². The Morgan fingerprint density at radius 1 is 0.842 bits per heavy atom. The van der Waals surface area contributed by atoms with Gasteiger partial charge in [0.1, 0.15) is 18.0 Å². The van der Waals surface area contributed by atoms with Gasteiger partial charge in [-0.15, -0.1) is 0 Å². The van der Waals surface area contributed by atoms with Gasteiger partial charge >= 0.3 is 5.97 Å². The average molecular weight is 592 g/mol. The molecule has 0 fully saturated rings. The number of carbonyl (C=O) groups is 2. The van der Waals surface area contributed by atoms with Crippen LogP contribution in [0.15, 0.2) is 88.7 Å². The van der Waals surface area contributed by atoms with Gasteiger partial charge in [-0.05, 0) is 71.6 Å². The lowest BCUT2D eigenvalue weighted by Gasteiger charge is -2.26. The van der Waals surface area contributed by atoms with E-state index < -0.39 is 11.5 Å². The van der Waals surface area contributed by atoms with Gasteiger partial charge in [0, 0.05) is 15.5 Å². The van der Waals surface area contributed by atoms with Crippen molar-refractivity contribution in [2.45, 2.75) is 22.5 Å². The van der Waals surface area contributed by atoms with Crippen molar-refractivity contribution in [3.8, 4) is 11.5 Å². The van der Waals surface area contributed by atoms with E-state index in [0.717, 1.165) is 27.1 Å². The van der Waals surface area contributed by atoms with E-state index in [-0.39, 0.29) is 24.7 Å². The van der Waals surface area contributed by atoms with Crippen molar-refractivity contribution >= 4 is 51.3 Å². The van der Waals surface area contributed by atoms with Crippen LogP contribution in [-0.4, -0.2) is 49.8 Å². The Kier molecular flexibility index (Phi) is 12.0. The normalized spacial score (nSPS) is 11.0. The summed E-state index contributed by atoms with van der Waals surface area (Å²) in [7, 11) is 3.14. The Hall–Kier alpha value is -2.52. The molecule has 38 heavy (non-hydrogen) atoms. The Labute approximate surface area is 235 Å². The summed E-state index contributed by atoms with van der Waals surface area (Å²) in [5.74, 6) is 1.14. The van der Waals surface area contributed by atoms with Crippen molar-refractivity contribution in [1.29, 1.82) is 0 Å². The van der Waals surface area contributed by atoms with Gasteiger partial charge in [-0.3, -0.25) is 14.2 Å². The summed E-state index contributed by atoms with van der Waals surface area (Å²) in [6, 6.07) is 24.1. The highest BCUT2D eigenvalue weighted by molar-refractivity contribution is 8.90. The van der Waals surface area contributed by atoms with Gasteiger partial charge in [-0.2, -0.15) is 0 Å². The Bertz CT molecular complexity index is 1210. The van der Waals surface area contributed by atoms with Gasteiger partial charge in [0.2, 0.25) is 5.55 Å². The Balaban J connectivity index is 1.90. The average Bonchev–Trinajstić information content (AvgIpc) is 2.92. The molecule has 0 saturated carbocycles. The van der Waals surface area contributed by atoms with E-state index in [9.17, 15) is 14.2 Å². The zero-order valence-electron chi connectivity index (χ0n) is 21.4. The fourth-order valence-corrected chi connectivity index (χ4v) is 12.0. The standard InChI is InChI=1S/C27H30NO6PS3/c1-4-34-26(29)18-28(27(30)36-19-21-10-6-5-7-11-21)20-35(31,37-24-14-8-12-22(16-24)32-2)38-25-15-9-13-23(17-25)33-3/h5-17H,4,18-20H2,1-3H3. The maximum Gasteiger partial charge on any atom is 0.325 e. The second kappa shape index (κ2) is 15.2. The topological polar surface area (TPSA) is 82.1 Å². The van der Waals surface area contributed by atoms with Crippen LogP contribution in [0.3, 0.4) is 0 Å². The minimum atomic E-state index is -3.30. The molecule has 0 aliphatic heterocycles. The maximum absolute atomic E-state index is 14.6. The number of nitrogens with zero attached hydrogens (tertiary/aromatic N) is 1. The third-order valence-electron chi connectivity index (χ3n) is 5.00. The molecule has 202 valence electrons. The number of ether oxygens (including phenoxy) is 3. The number of hydrogen-bond donors (Lipinski definition) is 0. The monoisotopic (exact) mass is 591 g/mol. The van der Waals surface area contributed by atoms with Crippen LogP contribution in [0.25, 0.3) is 0 Å². The van der Waals surface area contributed by atoms with Gasteiger partial charge in [0.25, 0.3) is 5.24 Å². The van der Waals surface area contributed by atoms with Gasteiger partial charge < -0.3 is 19.1 Å². The summed E-state index contributed by atoms with van der Waals surface area (Å²) in [5.41, 5.74) is -2.32. The lowest BCUT2D eigenvalue weighted by Crippen LogP contribution is -2.34. The van der Waals surface area contributed by atoms with Crippen molar-refractivity contribution in [3.05, 3.63) is 84.4 Å². The fraction of sp³-hybridized carbons (Fsp3) is 0.259. The number of rotatable bonds is 13. The van der Waals surface area contributed by atoms with Crippen molar-refractivity contribution in [2.24, 2.45) is 0 Å². The number of carbonyl (C=O) groups excluding carboxylic acids is 2. The Morgan fingerprint density at radius 2 is 1.42 bits per heavy atom. The number of amides is 1. The van der Waals surface area contributed by atoms with E-state index in [1.165, 1.54) is 27.7 Å². The predicted octanol–water partition coefficient (Wildman–Crippen LogP) is 7.66. The first-order valence-electron chi connectivity index (χ1n) is 11.7. The summed E-state index contributed by atoms with van der Waals surface area (Å²) in [6.45, 7) is 1.60. The molecule has 0 radical (unpaired) electrons. The third-order valence-corrected chi connectivity index (χ3v) is 13.1. The maximum atomic E-state index is 14.6. The van der Waals surface area contributed by atoms with E-state index in [2.05, 4.69) is 0 Å². The number of benzene rings is 3. The van der Waals surface area contributed by atoms with Crippen LogP contribution in [-0.2, 0) is 19.8 Å². The lowest BCUT2D eigenvalue weighted by molar-refractivity contribution is -0.143. The molecule has 3 aromatic carbocycles. The molecule has 0 aliphatic rings. The van der Waals surface area contributed by atoms with Gasteiger partial charge in [0.15, 0.2) is 0 Å². The predicted molar refractivity (Wildman–Crippen MR) is 157 cm³/mol. The van der Waals surface area contributed by atoms with Gasteiger partial charge in [0.05, 0.1) is 27.1 Å². The van der Waals surface area contributed by atoms with E-state index in [1.807, 2.05) is 54.6 Å². The van der Waals surface area contributed by atoms with Crippen LogP contribution >= 0.6 is 40.1 Å². The molecule has 0 N–H and O–H groups in total. The van der Waals surface area contributed by atoms with Gasteiger partial charge in [-0.25, -0.2) is 0 Å². The summed E-state index contributed by atoms with van der Waals surface area (Å²) in [5, 5.41) is -0.348. The number of hydrogen-bond acceptors (Lipinski definition) is 9. The highest BCUT2D eigenvalue weighted by atomic mass is 33.1. The SMILES string of the molecule is CCOC(=O)CN(CP(=O)(Sc1cccc(OC)c1)Sc1cccc(OC)c1)C(=O)SCc1ccccc1. The minimum absolute atomic E-state index is 0.143. The van der Waals surface area contributed by atoms with Gasteiger partial charge in [-0.1, -0.05) is 54.2 Å². The molecule has 0 bridgehead atoms. The van der Waals surface area contributed by atoms with Crippen LogP contribution in [0, 0.1) is 0 Å². The molecule has 3 aromatic rings. The highest BCUT2D eigenvalue weighted by Gasteiger charge is 2.33. The third kappa shape index (κ3) is 9.66. The van der Waals surface area contributed by atoms with Crippen molar-refractivity contribution in [3.63, 3.8) is 0 Å². The molecule has 0 atom stereocenters. The Morgan fingerprint density at radius 3 is 1.95 bits per heavy atom. The second-order valence-corrected chi connectivity index (χ2v) is 16.9.